The van der Waals surface area contributed by atoms with E-state index >= 15 is 0 Å². The first kappa shape index (κ1) is 22.4. The van der Waals surface area contributed by atoms with Crippen LogP contribution in [0.1, 0.15) is 22.3 Å². The summed E-state index contributed by atoms with van der Waals surface area (Å²) in [7, 11) is 1.47. The third-order valence-electron chi connectivity index (χ3n) is 4.58. The van der Waals surface area contributed by atoms with E-state index in [9.17, 15) is 20.6 Å². The van der Waals surface area contributed by atoms with E-state index in [0.717, 1.165) is 0 Å². The van der Waals surface area contributed by atoms with Gasteiger partial charge in [-0.1, -0.05) is 29.8 Å². The van der Waals surface area contributed by atoms with Crippen LogP contribution in [0.4, 0.5) is 5.69 Å². The quantitative estimate of drug-likeness (QED) is 0.197. The molecule has 0 aliphatic rings. The Labute approximate surface area is 189 Å². The third-order valence-corrected chi connectivity index (χ3v) is 4.86. The normalized spacial score (nSPS) is 10.7. The molecule has 7 nitrogen and oxygen atoms in total. The summed E-state index contributed by atoms with van der Waals surface area (Å²) in [5.74, 6) is 0.673. The second kappa shape index (κ2) is 10.1. The van der Waals surface area contributed by atoms with Crippen molar-refractivity contribution in [2.45, 2.75) is 6.61 Å². The standard InChI is InChI=1S/C24H16ClN3O4/c1-31-23-12-16(10-20(14-27)17-6-8-21(9-7-17)28(29)30)11-22(25)24(23)32-15-19-5-3-2-4-18(19)13-26/h2-12H,15H2,1H3/b20-10-. The van der Waals surface area contributed by atoms with Crippen LogP contribution in [0.2, 0.25) is 5.02 Å². The monoisotopic (exact) mass is 445 g/mol. The van der Waals surface area contributed by atoms with Crippen LogP contribution in [0, 0.1) is 32.8 Å². The summed E-state index contributed by atoms with van der Waals surface area (Å²) >= 11 is 6.42. The van der Waals surface area contributed by atoms with E-state index in [-0.39, 0.29) is 17.3 Å². The Bertz CT molecular complexity index is 1270. The molecule has 0 bridgehead atoms. The van der Waals surface area contributed by atoms with Gasteiger partial charge in [-0.15, -0.1) is 0 Å². The molecule has 0 radical (unpaired) electrons. The number of benzene rings is 3. The molecule has 0 aliphatic carbocycles. The smallest absolute Gasteiger partial charge is 0.269 e. The van der Waals surface area contributed by atoms with Gasteiger partial charge in [-0.25, -0.2) is 0 Å². The Kier molecular flexibility index (Phi) is 7.07. The van der Waals surface area contributed by atoms with Crippen molar-refractivity contribution in [3.63, 3.8) is 0 Å². The number of nitro groups is 1. The average Bonchev–Trinajstić information content (AvgIpc) is 2.81. The Morgan fingerprint density at radius 2 is 1.88 bits per heavy atom. The fourth-order valence-corrected chi connectivity index (χ4v) is 3.25. The first-order valence-electron chi connectivity index (χ1n) is 9.31. The molecule has 0 spiro atoms. The van der Waals surface area contributed by atoms with Crippen LogP contribution in [-0.4, -0.2) is 12.0 Å². The molecule has 8 heteroatoms. The number of nitriles is 2. The molecule has 0 saturated heterocycles. The van der Waals surface area contributed by atoms with Gasteiger partial charge in [-0.2, -0.15) is 10.5 Å². The minimum Gasteiger partial charge on any atom is -0.493 e. The van der Waals surface area contributed by atoms with Gasteiger partial charge >= 0.3 is 0 Å². The van der Waals surface area contributed by atoms with Crippen LogP contribution in [0.5, 0.6) is 11.5 Å². The lowest BCUT2D eigenvalue weighted by Gasteiger charge is -2.14. The van der Waals surface area contributed by atoms with Gasteiger partial charge in [-0.05, 0) is 47.5 Å². The second-order valence-electron chi connectivity index (χ2n) is 6.57. The summed E-state index contributed by atoms with van der Waals surface area (Å²) in [6.45, 7) is 0.126. The lowest BCUT2D eigenvalue weighted by atomic mass is 10.0. The van der Waals surface area contributed by atoms with Gasteiger partial charge in [0.1, 0.15) is 6.61 Å². The van der Waals surface area contributed by atoms with Crippen LogP contribution in [-0.2, 0) is 6.61 Å². The summed E-state index contributed by atoms with van der Waals surface area (Å²) in [6, 6.07) is 20.3. The van der Waals surface area contributed by atoms with Gasteiger partial charge in [0.25, 0.3) is 5.69 Å². The van der Waals surface area contributed by atoms with E-state index < -0.39 is 4.92 Å². The summed E-state index contributed by atoms with van der Waals surface area (Å²) < 4.78 is 11.2. The highest BCUT2D eigenvalue weighted by molar-refractivity contribution is 6.32. The molecule has 158 valence electrons. The van der Waals surface area contributed by atoms with Gasteiger partial charge in [0.05, 0.1) is 40.3 Å². The van der Waals surface area contributed by atoms with Crippen LogP contribution in [0.25, 0.3) is 11.6 Å². The van der Waals surface area contributed by atoms with E-state index in [0.29, 0.717) is 39.3 Å². The first-order chi connectivity index (χ1) is 15.5. The Hall–Kier alpha value is -4.33. The lowest BCUT2D eigenvalue weighted by molar-refractivity contribution is -0.384. The summed E-state index contributed by atoms with van der Waals surface area (Å²) in [6.07, 6.45) is 1.60. The van der Waals surface area contributed by atoms with E-state index in [2.05, 4.69) is 12.1 Å². The zero-order chi connectivity index (χ0) is 23.1. The second-order valence-corrected chi connectivity index (χ2v) is 6.97. The molecule has 0 atom stereocenters. The van der Waals surface area contributed by atoms with Crippen molar-refractivity contribution >= 4 is 28.9 Å². The molecule has 0 heterocycles. The largest absolute Gasteiger partial charge is 0.493 e. The van der Waals surface area contributed by atoms with Crippen molar-refractivity contribution in [3.05, 3.63) is 98.1 Å². The molecule has 0 N–H and O–H groups in total. The van der Waals surface area contributed by atoms with Crippen LogP contribution >= 0.6 is 11.6 Å². The summed E-state index contributed by atoms with van der Waals surface area (Å²) in [4.78, 5) is 10.3. The molecule has 3 rings (SSSR count). The molecular weight excluding hydrogens is 430 g/mol. The molecule has 0 saturated carbocycles. The van der Waals surface area contributed by atoms with Crippen molar-refractivity contribution in [1.29, 1.82) is 10.5 Å². The van der Waals surface area contributed by atoms with Crippen molar-refractivity contribution in [2.24, 2.45) is 0 Å². The maximum atomic E-state index is 10.8. The fourth-order valence-electron chi connectivity index (χ4n) is 2.98. The number of allylic oxidation sites excluding steroid dienone is 1. The number of ether oxygens (including phenoxy) is 2. The lowest BCUT2D eigenvalue weighted by Crippen LogP contribution is -2.01. The minimum absolute atomic E-state index is 0.0600. The summed E-state index contributed by atoms with van der Waals surface area (Å²) in [5.41, 5.74) is 2.57. The maximum Gasteiger partial charge on any atom is 0.269 e. The van der Waals surface area contributed by atoms with Gasteiger partial charge in [0.15, 0.2) is 11.5 Å². The molecule has 0 amide bonds. The first-order valence-corrected chi connectivity index (χ1v) is 9.69. The van der Waals surface area contributed by atoms with Crippen molar-refractivity contribution in [1.82, 2.24) is 0 Å². The van der Waals surface area contributed by atoms with E-state index in [1.165, 1.54) is 31.4 Å². The highest BCUT2D eigenvalue weighted by atomic mass is 35.5. The third kappa shape index (κ3) is 5.04. The summed E-state index contributed by atoms with van der Waals surface area (Å²) in [5, 5.41) is 29.9. The number of non-ortho nitro benzene ring substituents is 1. The molecule has 0 aliphatic heterocycles. The zero-order valence-electron chi connectivity index (χ0n) is 16.9. The zero-order valence-corrected chi connectivity index (χ0v) is 17.7. The van der Waals surface area contributed by atoms with Crippen molar-refractivity contribution < 1.29 is 14.4 Å². The number of nitrogens with zero attached hydrogens (tertiary/aromatic N) is 3. The number of halogens is 1. The van der Waals surface area contributed by atoms with Crippen LogP contribution in [0.15, 0.2) is 60.7 Å². The molecule has 3 aromatic rings. The molecular formula is C24H16ClN3O4. The molecule has 0 unspecified atom stereocenters. The van der Waals surface area contributed by atoms with Gasteiger partial charge in [-0.3, -0.25) is 10.1 Å². The number of methoxy groups -OCH3 is 1. The maximum absolute atomic E-state index is 10.8. The highest BCUT2D eigenvalue weighted by Crippen LogP contribution is 2.38. The number of hydrogen-bond acceptors (Lipinski definition) is 6. The predicted octanol–water partition coefficient (Wildman–Crippen LogP) is 5.77. The highest BCUT2D eigenvalue weighted by Gasteiger charge is 2.14. The Balaban J connectivity index is 1.90. The number of nitro benzene ring substituents is 1. The predicted molar refractivity (Wildman–Crippen MR) is 120 cm³/mol. The van der Waals surface area contributed by atoms with E-state index in [1.807, 2.05) is 6.07 Å². The SMILES string of the molecule is COc1cc(/C=C(/C#N)c2ccc([N+](=O)[O-])cc2)cc(Cl)c1OCc1ccccc1C#N. The fraction of sp³-hybridized carbons (Fsp3) is 0.0833. The Morgan fingerprint density at radius 3 is 2.50 bits per heavy atom. The van der Waals surface area contributed by atoms with Crippen molar-refractivity contribution in [2.75, 3.05) is 7.11 Å². The number of hydrogen-bond donors (Lipinski definition) is 0. The minimum atomic E-state index is -0.502. The molecule has 32 heavy (non-hydrogen) atoms. The van der Waals surface area contributed by atoms with E-state index in [4.69, 9.17) is 21.1 Å². The van der Waals surface area contributed by atoms with Gasteiger partial charge < -0.3 is 9.47 Å². The molecule has 0 fully saturated rings. The average molecular weight is 446 g/mol. The van der Waals surface area contributed by atoms with Gasteiger partial charge in [0.2, 0.25) is 0 Å². The molecule has 0 aromatic heterocycles. The topological polar surface area (TPSA) is 109 Å². The van der Waals surface area contributed by atoms with Gasteiger partial charge in [0, 0.05) is 17.7 Å². The van der Waals surface area contributed by atoms with Crippen molar-refractivity contribution in [3.8, 4) is 23.6 Å². The van der Waals surface area contributed by atoms with E-state index in [1.54, 1.807) is 36.4 Å². The van der Waals surface area contributed by atoms with Crippen LogP contribution in [0.3, 0.4) is 0 Å². The van der Waals surface area contributed by atoms with Crippen LogP contribution < -0.4 is 9.47 Å². The molecule has 3 aromatic carbocycles. The number of rotatable bonds is 7. The Morgan fingerprint density at radius 1 is 1.16 bits per heavy atom.